The van der Waals surface area contributed by atoms with Crippen LogP contribution in [0.15, 0.2) is 36.4 Å². The molecule has 0 radical (unpaired) electrons. The number of nitrogens with two attached hydrogens (primary N) is 1. The van der Waals surface area contributed by atoms with Crippen molar-refractivity contribution in [1.29, 1.82) is 0 Å². The summed E-state index contributed by atoms with van der Waals surface area (Å²) in [6, 6.07) is 10.9. The van der Waals surface area contributed by atoms with Crippen LogP contribution >= 0.6 is 0 Å². The molecule has 0 fully saturated rings. The number of aromatic nitrogens is 2. The van der Waals surface area contributed by atoms with Crippen LogP contribution in [0.5, 0.6) is 0 Å². The smallest absolute Gasteiger partial charge is 0.140 e. The molecule has 0 saturated carbocycles. The van der Waals surface area contributed by atoms with Gasteiger partial charge in [-0.3, -0.25) is 0 Å². The second kappa shape index (κ2) is 4.72. The van der Waals surface area contributed by atoms with E-state index in [4.69, 9.17) is 5.73 Å². The van der Waals surface area contributed by atoms with Gasteiger partial charge < -0.3 is 10.3 Å². The van der Waals surface area contributed by atoms with E-state index in [-0.39, 0.29) is 5.82 Å². The summed E-state index contributed by atoms with van der Waals surface area (Å²) < 4.78 is 15.6. The van der Waals surface area contributed by atoms with Gasteiger partial charge in [-0.05, 0) is 42.3 Å². The molecule has 2 N–H and O–H groups in total. The maximum absolute atomic E-state index is 13.6. The van der Waals surface area contributed by atoms with E-state index < -0.39 is 0 Å². The van der Waals surface area contributed by atoms with Gasteiger partial charge in [-0.15, -0.1) is 0 Å². The van der Waals surface area contributed by atoms with Gasteiger partial charge in [0.15, 0.2) is 0 Å². The number of benzene rings is 2. The first-order valence-electron chi connectivity index (χ1n) is 6.52. The van der Waals surface area contributed by atoms with Crippen molar-refractivity contribution in [1.82, 2.24) is 9.55 Å². The third-order valence-electron chi connectivity index (χ3n) is 3.52. The van der Waals surface area contributed by atoms with Gasteiger partial charge in [-0.25, -0.2) is 9.37 Å². The van der Waals surface area contributed by atoms with Gasteiger partial charge >= 0.3 is 0 Å². The lowest BCUT2D eigenvalue weighted by Crippen LogP contribution is -1.97. The van der Waals surface area contributed by atoms with E-state index in [1.54, 1.807) is 0 Å². The second-order valence-corrected chi connectivity index (χ2v) is 5.00. The molecule has 0 saturated heterocycles. The zero-order chi connectivity index (χ0) is 14.3. The number of hydrogen-bond acceptors (Lipinski definition) is 2. The molecule has 0 spiro atoms. The van der Waals surface area contributed by atoms with Crippen LogP contribution in [0.25, 0.3) is 22.4 Å². The fourth-order valence-corrected chi connectivity index (χ4v) is 2.56. The molecule has 0 atom stereocenters. The molecule has 0 unspecified atom stereocenters. The number of fused-ring (bicyclic) bond motifs is 1. The predicted molar refractivity (Wildman–Crippen MR) is 78.7 cm³/mol. The van der Waals surface area contributed by atoms with Crippen LogP contribution in [0.4, 0.5) is 4.39 Å². The van der Waals surface area contributed by atoms with Gasteiger partial charge in [0, 0.05) is 19.2 Å². The first kappa shape index (κ1) is 12.8. The standard InChI is InChI=1S/C16H16FN3/c1-10-6-12(8-13(17)7-10)16-19-15-11(9-18)4-3-5-14(15)20(16)2/h3-8H,9,18H2,1-2H3. The zero-order valence-corrected chi connectivity index (χ0v) is 11.5. The summed E-state index contributed by atoms with van der Waals surface area (Å²) in [5.41, 5.74) is 10.3. The number of halogens is 1. The first-order valence-corrected chi connectivity index (χ1v) is 6.52. The Balaban J connectivity index is 2.29. The molecule has 4 heteroatoms. The Labute approximate surface area is 116 Å². The third-order valence-corrected chi connectivity index (χ3v) is 3.52. The molecule has 0 bridgehead atoms. The van der Waals surface area contributed by atoms with Gasteiger partial charge in [0.1, 0.15) is 11.6 Å². The zero-order valence-electron chi connectivity index (χ0n) is 11.5. The fraction of sp³-hybridized carbons (Fsp3) is 0.188. The van der Waals surface area contributed by atoms with Crippen molar-refractivity contribution in [3.05, 3.63) is 53.3 Å². The summed E-state index contributed by atoms with van der Waals surface area (Å²) in [5, 5.41) is 0. The summed E-state index contributed by atoms with van der Waals surface area (Å²) in [4.78, 5) is 4.65. The van der Waals surface area contributed by atoms with Crippen molar-refractivity contribution in [2.45, 2.75) is 13.5 Å². The molecule has 1 heterocycles. The van der Waals surface area contributed by atoms with Crippen LogP contribution in [0, 0.1) is 12.7 Å². The van der Waals surface area contributed by atoms with Crippen molar-refractivity contribution < 1.29 is 4.39 Å². The third kappa shape index (κ3) is 1.98. The highest BCUT2D eigenvalue weighted by Crippen LogP contribution is 2.26. The molecule has 102 valence electrons. The molecule has 0 amide bonds. The van der Waals surface area contributed by atoms with Crippen LogP contribution in [-0.4, -0.2) is 9.55 Å². The van der Waals surface area contributed by atoms with Gasteiger partial charge in [0.2, 0.25) is 0 Å². The topological polar surface area (TPSA) is 43.8 Å². The lowest BCUT2D eigenvalue weighted by Gasteiger charge is -2.04. The van der Waals surface area contributed by atoms with E-state index in [0.717, 1.165) is 33.5 Å². The van der Waals surface area contributed by atoms with E-state index in [1.807, 2.05) is 42.8 Å². The van der Waals surface area contributed by atoms with Gasteiger partial charge in [-0.2, -0.15) is 0 Å². The Bertz CT molecular complexity index is 770. The van der Waals surface area contributed by atoms with Crippen molar-refractivity contribution in [2.24, 2.45) is 12.8 Å². The van der Waals surface area contributed by atoms with E-state index in [0.29, 0.717) is 6.54 Å². The molecule has 3 aromatic rings. The number of aryl methyl sites for hydroxylation is 2. The normalized spacial score (nSPS) is 11.2. The largest absolute Gasteiger partial charge is 0.327 e. The Morgan fingerprint density at radius 2 is 2.05 bits per heavy atom. The Morgan fingerprint density at radius 3 is 2.75 bits per heavy atom. The molecular weight excluding hydrogens is 253 g/mol. The number of imidazole rings is 1. The lowest BCUT2D eigenvalue weighted by atomic mass is 10.1. The number of hydrogen-bond donors (Lipinski definition) is 1. The summed E-state index contributed by atoms with van der Waals surface area (Å²) in [6.07, 6.45) is 0. The Morgan fingerprint density at radius 1 is 1.25 bits per heavy atom. The minimum Gasteiger partial charge on any atom is -0.327 e. The van der Waals surface area contributed by atoms with Gasteiger partial charge in [-0.1, -0.05) is 12.1 Å². The van der Waals surface area contributed by atoms with E-state index >= 15 is 0 Å². The maximum Gasteiger partial charge on any atom is 0.140 e. The number of nitrogens with zero attached hydrogens (tertiary/aromatic N) is 2. The van der Waals surface area contributed by atoms with Gasteiger partial charge in [0.25, 0.3) is 0 Å². The molecule has 1 aromatic heterocycles. The van der Waals surface area contributed by atoms with Crippen LogP contribution in [0.2, 0.25) is 0 Å². The van der Waals surface area contributed by atoms with Crippen molar-refractivity contribution in [3.63, 3.8) is 0 Å². The van der Waals surface area contributed by atoms with Crippen molar-refractivity contribution in [2.75, 3.05) is 0 Å². The number of rotatable bonds is 2. The maximum atomic E-state index is 13.6. The van der Waals surface area contributed by atoms with Gasteiger partial charge in [0.05, 0.1) is 11.0 Å². The molecule has 0 aliphatic heterocycles. The monoisotopic (exact) mass is 269 g/mol. The van der Waals surface area contributed by atoms with E-state index in [9.17, 15) is 4.39 Å². The molecule has 3 rings (SSSR count). The molecule has 0 aliphatic rings. The van der Waals surface area contributed by atoms with Crippen molar-refractivity contribution in [3.8, 4) is 11.4 Å². The minimum absolute atomic E-state index is 0.244. The highest BCUT2D eigenvalue weighted by atomic mass is 19.1. The average molecular weight is 269 g/mol. The lowest BCUT2D eigenvalue weighted by molar-refractivity contribution is 0.627. The van der Waals surface area contributed by atoms with E-state index in [1.165, 1.54) is 12.1 Å². The quantitative estimate of drug-likeness (QED) is 0.776. The predicted octanol–water partition coefficient (Wildman–Crippen LogP) is 3.15. The van der Waals surface area contributed by atoms with Crippen LogP contribution in [0.1, 0.15) is 11.1 Å². The van der Waals surface area contributed by atoms with E-state index in [2.05, 4.69) is 4.98 Å². The average Bonchev–Trinajstić information content (AvgIpc) is 2.75. The number of para-hydroxylation sites is 1. The molecule has 20 heavy (non-hydrogen) atoms. The van der Waals surface area contributed by atoms with Crippen LogP contribution < -0.4 is 5.73 Å². The molecule has 2 aromatic carbocycles. The van der Waals surface area contributed by atoms with Crippen molar-refractivity contribution >= 4 is 11.0 Å². The highest BCUT2D eigenvalue weighted by Gasteiger charge is 2.13. The Hall–Kier alpha value is -2.20. The SMILES string of the molecule is Cc1cc(F)cc(-c2nc3c(CN)cccc3n2C)c1. The molecule has 0 aliphatic carbocycles. The summed E-state index contributed by atoms with van der Waals surface area (Å²) in [5.74, 6) is 0.509. The Kier molecular flexibility index (Phi) is 3.03. The second-order valence-electron chi connectivity index (χ2n) is 5.00. The van der Waals surface area contributed by atoms with Crippen LogP contribution in [0.3, 0.4) is 0 Å². The first-order chi connectivity index (χ1) is 9.60. The summed E-state index contributed by atoms with van der Waals surface area (Å²) in [7, 11) is 1.94. The molecular formula is C16H16FN3. The summed E-state index contributed by atoms with van der Waals surface area (Å²) in [6.45, 7) is 2.32. The minimum atomic E-state index is -0.244. The summed E-state index contributed by atoms with van der Waals surface area (Å²) >= 11 is 0. The highest BCUT2D eigenvalue weighted by molar-refractivity contribution is 5.83. The molecule has 3 nitrogen and oxygen atoms in total. The van der Waals surface area contributed by atoms with Crippen LogP contribution in [-0.2, 0) is 13.6 Å². The fourth-order valence-electron chi connectivity index (χ4n) is 2.56.